The van der Waals surface area contributed by atoms with Crippen LogP contribution >= 0.6 is 0 Å². The molecular weight excluding hydrogens is 409 g/mol. The van der Waals surface area contributed by atoms with E-state index in [1.165, 1.54) is 16.9 Å². The minimum atomic E-state index is -0.405. The van der Waals surface area contributed by atoms with E-state index < -0.39 is 5.82 Å². The number of carbonyl (C=O) groups excluding carboxylic acids is 2. The normalized spacial score (nSPS) is 16.6. The maximum atomic E-state index is 14.1. The van der Waals surface area contributed by atoms with Crippen molar-refractivity contribution in [3.8, 4) is 5.69 Å². The summed E-state index contributed by atoms with van der Waals surface area (Å²) in [7, 11) is 0. The maximum absolute atomic E-state index is 14.1. The SMILES string of the molecule is Cc1c(C(=O)Nc2ccc(CN3CCCC(C(N)=O)C3)cc2)cnn1-c1ccccc1F. The van der Waals surface area contributed by atoms with Gasteiger partial charge in [0.05, 0.1) is 23.4 Å². The summed E-state index contributed by atoms with van der Waals surface area (Å²) in [5.41, 5.74) is 8.44. The fourth-order valence-electron chi connectivity index (χ4n) is 4.08. The van der Waals surface area contributed by atoms with Crippen molar-refractivity contribution in [1.82, 2.24) is 14.7 Å². The monoisotopic (exact) mass is 435 g/mol. The maximum Gasteiger partial charge on any atom is 0.259 e. The Morgan fingerprint density at radius 2 is 1.94 bits per heavy atom. The number of nitrogens with zero attached hydrogens (tertiary/aromatic N) is 3. The van der Waals surface area contributed by atoms with E-state index in [1.807, 2.05) is 24.3 Å². The third kappa shape index (κ3) is 4.70. The number of aromatic nitrogens is 2. The Labute approximate surface area is 186 Å². The molecule has 1 aliphatic rings. The van der Waals surface area contributed by atoms with Gasteiger partial charge >= 0.3 is 0 Å². The first-order chi connectivity index (χ1) is 15.4. The Kier molecular flexibility index (Phi) is 6.32. The highest BCUT2D eigenvalue weighted by Crippen LogP contribution is 2.21. The van der Waals surface area contributed by atoms with E-state index in [2.05, 4.69) is 15.3 Å². The molecule has 0 bridgehead atoms. The first kappa shape index (κ1) is 21.7. The van der Waals surface area contributed by atoms with Gasteiger partial charge in [0, 0.05) is 18.8 Å². The van der Waals surface area contributed by atoms with Gasteiger partial charge in [-0.3, -0.25) is 14.5 Å². The number of amides is 2. The van der Waals surface area contributed by atoms with Gasteiger partial charge in [0.25, 0.3) is 5.91 Å². The van der Waals surface area contributed by atoms with Crippen LogP contribution in [0.3, 0.4) is 0 Å². The lowest BCUT2D eigenvalue weighted by atomic mass is 9.97. The molecule has 2 amide bonds. The second-order valence-corrected chi connectivity index (χ2v) is 8.13. The van der Waals surface area contributed by atoms with Crippen molar-refractivity contribution in [3.63, 3.8) is 0 Å². The fourth-order valence-corrected chi connectivity index (χ4v) is 4.08. The summed E-state index contributed by atoms with van der Waals surface area (Å²) < 4.78 is 15.5. The zero-order chi connectivity index (χ0) is 22.7. The summed E-state index contributed by atoms with van der Waals surface area (Å²) >= 11 is 0. The Balaban J connectivity index is 1.40. The first-order valence-corrected chi connectivity index (χ1v) is 10.6. The van der Waals surface area contributed by atoms with Gasteiger partial charge in [-0.2, -0.15) is 5.10 Å². The van der Waals surface area contributed by atoms with Crippen molar-refractivity contribution >= 4 is 17.5 Å². The van der Waals surface area contributed by atoms with Gasteiger partial charge in [0.15, 0.2) is 0 Å². The van der Waals surface area contributed by atoms with E-state index in [0.717, 1.165) is 31.5 Å². The average Bonchev–Trinajstić information content (AvgIpc) is 3.17. The van der Waals surface area contributed by atoms with Crippen molar-refractivity contribution in [2.45, 2.75) is 26.3 Å². The molecule has 32 heavy (non-hydrogen) atoms. The van der Waals surface area contributed by atoms with Crippen LogP contribution in [0.15, 0.2) is 54.7 Å². The van der Waals surface area contributed by atoms with Crippen LogP contribution in [0.5, 0.6) is 0 Å². The van der Waals surface area contributed by atoms with Crippen LogP contribution in [0.4, 0.5) is 10.1 Å². The number of piperidine rings is 1. The van der Waals surface area contributed by atoms with E-state index in [-0.39, 0.29) is 17.7 Å². The summed E-state index contributed by atoms with van der Waals surface area (Å²) in [5, 5.41) is 7.06. The number of hydrogen-bond donors (Lipinski definition) is 2. The van der Waals surface area contributed by atoms with Gasteiger partial charge in [0.2, 0.25) is 5.91 Å². The summed E-state index contributed by atoms with van der Waals surface area (Å²) in [6, 6.07) is 13.9. The number of benzene rings is 2. The van der Waals surface area contributed by atoms with E-state index in [1.54, 1.807) is 25.1 Å². The molecule has 1 aliphatic heterocycles. The molecule has 8 heteroatoms. The number of hydrogen-bond acceptors (Lipinski definition) is 4. The van der Waals surface area contributed by atoms with Crippen LogP contribution in [0.2, 0.25) is 0 Å². The van der Waals surface area contributed by atoms with Gasteiger partial charge in [0.1, 0.15) is 11.5 Å². The molecule has 2 aromatic carbocycles. The molecule has 3 aromatic rings. The number of rotatable bonds is 6. The average molecular weight is 436 g/mol. The van der Waals surface area contributed by atoms with Gasteiger partial charge in [-0.25, -0.2) is 9.07 Å². The molecule has 0 radical (unpaired) electrons. The zero-order valence-electron chi connectivity index (χ0n) is 17.9. The molecule has 1 fully saturated rings. The van der Waals surface area contributed by atoms with Gasteiger partial charge in [-0.05, 0) is 56.1 Å². The van der Waals surface area contributed by atoms with E-state index in [0.29, 0.717) is 29.2 Å². The van der Waals surface area contributed by atoms with Crippen molar-refractivity contribution in [2.24, 2.45) is 11.7 Å². The first-order valence-electron chi connectivity index (χ1n) is 10.6. The molecule has 166 valence electrons. The summed E-state index contributed by atoms with van der Waals surface area (Å²) in [5.74, 6) is -1.03. The Hall–Kier alpha value is -3.52. The molecule has 1 aromatic heterocycles. The van der Waals surface area contributed by atoms with Crippen LogP contribution in [0, 0.1) is 18.7 Å². The number of halogens is 1. The van der Waals surface area contributed by atoms with Gasteiger partial charge in [-0.15, -0.1) is 0 Å². The van der Waals surface area contributed by atoms with Crippen LogP contribution in [0.1, 0.15) is 34.5 Å². The van der Waals surface area contributed by atoms with Gasteiger partial charge in [-0.1, -0.05) is 24.3 Å². The molecule has 0 saturated carbocycles. The van der Waals surface area contributed by atoms with E-state index >= 15 is 0 Å². The highest BCUT2D eigenvalue weighted by Gasteiger charge is 2.24. The Morgan fingerprint density at radius 1 is 1.19 bits per heavy atom. The minimum absolute atomic E-state index is 0.0872. The Bertz CT molecular complexity index is 1130. The molecule has 4 rings (SSSR count). The third-order valence-corrected chi connectivity index (χ3v) is 5.86. The molecule has 1 atom stereocenters. The number of carbonyl (C=O) groups is 2. The topological polar surface area (TPSA) is 93.2 Å². The van der Waals surface area contributed by atoms with Crippen LogP contribution in [-0.2, 0) is 11.3 Å². The second-order valence-electron chi connectivity index (χ2n) is 8.13. The number of nitrogens with two attached hydrogens (primary N) is 1. The largest absolute Gasteiger partial charge is 0.369 e. The Morgan fingerprint density at radius 3 is 2.66 bits per heavy atom. The fraction of sp³-hybridized carbons (Fsp3) is 0.292. The number of anilines is 1. The molecular formula is C24H26FN5O2. The number of para-hydroxylation sites is 1. The molecule has 2 heterocycles. The molecule has 0 aliphatic carbocycles. The number of primary amides is 1. The van der Waals surface area contributed by atoms with Crippen LogP contribution in [0.25, 0.3) is 5.69 Å². The summed E-state index contributed by atoms with van der Waals surface area (Å²) in [6.45, 7) is 4.08. The lowest BCUT2D eigenvalue weighted by molar-refractivity contribution is -0.123. The van der Waals surface area contributed by atoms with Crippen molar-refractivity contribution in [2.75, 3.05) is 18.4 Å². The highest BCUT2D eigenvalue weighted by atomic mass is 19.1. The number of likely N-dealkylation sites (tertiary alicyclic amines) is 1. The van der Waals surface area contributed by atoms with Crippen molar-refractivity contribution in [1.29, 1.82) is 0 Å². The van der Waals surface area contributed by atoms with E-state index in [4.69, 9.17) is 5.73 Å². The second kappa shape index (κ2) is 9.32. The highest BCUT2D eigenvalue weighted by molar-refractivity contribution is 6.05. The van der Waals surface area contributed by atoms with Crippen molar-refractivity contribution in [3.05, 3.63) is 77.4 Å². The number of nitrogens with one attached hydrogen (secondary N) is 1. The molecule has 1 unspecified atom stereocenters. The molecule has 0 spiro atoms. The van der Waals surface area contributed by atoms with Gasteiger partial charge < -0.3 is 11.1 Å². The quantitative estimate of drug-likeness (QED) is 0.622. The summed E-state index contributed by atoms with van der Waals surface area (Å²) in [6.07, 6.45) is 3.25. The lowest BCUT2D eigenvalue weighted by Gasteiger charge is -2.31. The van der Waals surface area contributed by atoms with E-state index in [9.17, 15) is 14.0 Å². The van der Waals surface area contributed by atoms with Crippen LogP contribution < -0.4 is 11.1 Å². The zero-order valence-corrected chi connectivity index (χ0v) is 17.9. The van der Waals surface area contributed by atoms with Crippen LogP contribution in [-0.4, -0.2) is 39.6 Å². The smallest absolute Gasteiger partial charge is 0.259 e. The predicted molar refractivity (Wildman–Crippen MR) is 120 cm³/mol. The third-order valence-electron chi connectivity index (χ3n) is 5.86. The predicted octanol–water partition coefficient (Wildman–Crippen LogP) is 3.27. The minimum Gasteiger partial charge on any atom is -0.369 e. The molecule has 3 N–H and O–H groups in total. The lowest BCUT2D eigenvalue weighted by Crippen LogP contribution is -2.40. The molecule has 7 nitrogen and oxygen atoms in total. The molecule has 1 saturated heterocycles. The summed E-state index contributed by atoms with van der Waals surface area (Å²) in [4.78, 5) is 26.5. The van der Waals surface area contributed by atoms with Crippen molar-refractivity contribution < 1.29 is 14.0 Å². The standard InChI is InChI=1S/C24H26FN5O2/c1-16-20(13-27-30(16)22-7-3-2-6-21(22)25)24(32)28-19-10-8-17(9-11-19)14-29-12-4-5-18(15-29)23(26)31/h2-3,6-11,13,18H,4-5,12,14-15H2,1H3,(H2,26,31)(H,28,32).